The van der Waals surface area contributed by atoms with Crippen molar-refractivity contribution in [3.05, 3.63) is 69.7 Å². The van der Waals surface area contributed by atoms with Gasteiger partial charge in [0.1, 0.15) is 5.54 Å². The number of alkyl halides is 3. The summed E-state index contributed by atoms with van der Waals surface area (Å²) in [5.41, 5.74) is -1.89. The van der Waals surface area contributed by atoms with Gasteiger partial charge < -0.3 is 26.0 Å². The lowest BCUT2D eigenvalue weighted by molar-refractivity contribution is -0.137. The number of benzene rings is 1. The molecule has 3 heterocycles. The fourth-order valence-electron chi connectivity index (χ4n) is 3.78. The van der Waals surface area contributed by atoms with Gasteiger partial charge in [-0.15, -0.1) is 0 Å². The van der Waals surface area contributed by atoms with Crippen molar-refractivity contribution in [3.8, 4) is 0 Å². The first-order valence-electron chi connectivity index (χ1n) is 11.5. The van der Waals surface area contributed by atoms with Crippen LogP contribution in [0.4, 0.5) is 30.5 Å². The number of halogens is 5. The Kier molecular flexibility index (Phi) is 8.42. The number of hydrogen-bond acceptors (Lipinski definition) is 8. The molecule has 1 atom stereocenters. The van der Waals surface area contributed by atoms with Gasteiger partial charge in [0.2, 0.25) is 11.9 Å². The van der Waals surface area contributed by atoms with Gasteiger partial charge in [0.25, 0.3) is 5.91 Å². The van der Waals surface area contributed by atoms with Crippen LogP contribution in [0.25, 0.3) is 0 Å². The van der Waals surface area contributed by atoms with E-state index in [-0.39, 0.29) is 58.9 Å². The van der Waals surface area contributed by atoms with Crippen LogP contribution in [-0.4, -0.2) is 52.6 Å². The maximum absolute atomic E-state index is 13.4. The number of rotatable bonds is 8. The van der Waals surface area contributed by atoms with Crippen LogP contribution in [0.1, 0.15) is 28.0 Å². The largest absolute Gasteiger partial charge is 0.418 e. The molecule has 3 aromatic rings. The van der Waals surface area contributed by atoms with Crippen molar-refractivity contribution in [2.45, 2.75) is 24.7 Å². The fourth-order valence-corrected chi connectivity index (χ4v) is 4.18. The molecule has 2 amide bonds. The summed E-state index contributed by atoms with van der Waals surface area (Å²) < 4.78 is 45.6. The normalized spacial score (nSPS) is 17.0. The molecule has 0 aliphatic carbocycles. The fraction of sp³-hybridized carbons (Fsp3) is 0.292. The van der Waals surface area contributed by atoms with Gasteiger partial charge in [-0.1, -0.05) is 23.2 Å². The maximum Gasteiger partial charge on any atom is 0.418 e. The lowest BCUT2D eigenvalue weighted by Gasteiger charge is -2.27. The van der Waals surface area contributed by atoms with Gasteiger partial charge in [0.05, 0.1) is 52.6 Å². The van der Waals surface area contributed by atoms with Gasteiger partial charge in [0.15, 0.2) is 0 Å². The molecule has 4 rings (SSSR count). The zero-order chi connectivity index (χ0) is 28.2. The average molecular weight is 584 g/mol. The van der Waals surface area contributed by atoms with E-state index in [1.54, 1.807) is 7.05 Å². The van der Waals surface area contributed by atoms with Gasteiger partial charge >= 0.3 is 6.18 Å². The number of nitrogens with one attached hydrogen (secondary N) is 4. The lowest BCUT2D eigenvalue weighted by Crippen LogP contribution is -2.59. The zero-order valence-electron chi connectivity index (χ0n) is 20.3. The second kappa shape index (κ2) is 11.6. The topological polar surface area (TPSA) is 130 Å². The van der Waals surface area contributed by atoms with Gasteiger partial charge in [-0.05, 0) is 24.3 Å². The van der Waals surface area contributed by atoms with Crippen LogP contribution < -0.4 is 21.3 Å². The molecule has 1 saturated heterocycles. The highest BCUT2D eigenvalue weighted by Crippen LogP contribution is 2.38. The lowest BCUT2D eigenvalue weighted by atomic mass is 9.96. The predicted octanol–water partition coefficient (Wildman–Crippen LogP) is 4.19. The highest BCUT2D eigenvalue weighted by Gasteiger charge is 2.44. The Hall–Kier alpha value is -3.68. The Labute approximate surface area is 230 Å². The molecule has 15 heteroatoms. The first-order valence-corrected chi connectivity index (χ1v) is 12.2. The van der Waals surface area contributed by atoms with E-state index in [1.165, 1.54) is 36.8 Å². The SMILES string of the molecule is CNc1ncc(C(=O)N[C@@]2(C(=O)NCc3ncc(Nc4ccc(Cl)cc4C(F)(F)F)cc3Cl)CCOC2)cn1. The molecule has 1 aliphatic heterocycles. The third kappa shape index (κ3) is 6.67. The molecular weight excluding hydrogens is 562 g/mol. The van der Waals surface area contributed by atoms with Crippen molar-refractivity contribution in [1.82, 2.24) is 25.6 Å². The molecule has 206 valence electrons. The zero-order valence-corrected chi connectivity index (χ0v) is 21.8. The first kappa shape index (κ1) is 28.3. The second-order valence-corrected chi connectivity index (χ2v) is 9.38. The first-order chi connectivity index (χ1) is 18.5. The highest BCUT2D eigenvalue weighted by atomic mass is 35.5. The number of pyridine rings is 1. The predicted molar refractivity (Wildman–Crippen MR) is 138 cm³/mol. The van der Waals surface area contributed by atoms with E-state index >= 15 is 0 Å². The number of amides is 2. The van der Waals surface area contributed by atoms with Crippen LogP contribution in [0.15, 0.2) is 42.9 Å². The number of hydrogen-bond donors (Lipinski definition) is 4. The van der Waals surface area contributed by atoms with E-state index in [1.807, 2.05) is 0 Å². The van der Waals surface area contributed by atoms with E-state index in [4.69, 9.17) is 27.9 Å². The van der Waals surface area contributed by atoms with Crippen LogP contribution >= 0.6 is 23.2 Å². The highest BCUT2D eigenvalue weighted by molar-refractivity contribution is 6.31. The van der Waals surface area contributed by atoms with Crippen molar-refractivity contribution in [1.29, 1.82) is 0 Å². The Balaban J connectivity index is 1.43. The summed E-state index contributed by atoms with van der Waals surface area (Å²) in [6.07, 6.45) is -0.458. The summed E-state index contributed by atoms with van der Waals surface area (Å²) >= 11 is 12.0. The van der Waals surface area contributed by atoms with Crippen molar-refractivity contribution in [3.63, 3.8) is 0 Å². The van der Waals surface area contributed by atoms with Crippen LogP contribution in [0.2, 0.25) is 10.0 Å². The standard InChI is InChI=1S/C24H22Cl2F3N7O3/c1-30-22-33-8-13(9-34-22)20(37)36-23(4-5-39-12-23)21(38)32-11-19-17(26)7-15(10-31-19)35-18-3-2-14(25)6-16(18)24(27,28)29/h2-3,6-10,35H,4-5,11-12H2,1H3,(H,32,38)(H,36,37)(H,30,33,34)/t23-/m0/s1. The number of ether oxygens (including phenoxy) is 1. The Bertz CT molecular complexity index is 1370. The number of carbonyl (C=O) groups excluding carboxylic acids is 2. The third-order valence-electron chi connectivity index (χ3n) is 5.85. The maximum atomic E-state index is 13.4. The number of nitrogens with zero attached hydrogens (tertiary/aromatic N) is 3. The minimum absolute atomic E-state index is 0.0489. The molecule has 0 bridgehead atoms. The van der Waals surface area contributed by atoms with Crippen molar-refractivity contribution in [2.75, 3.05) is 30.9 Å². The number of carbonyl (C=O) groups is 2. The molecule has 0 saturated carbocycles. The molecule has 1 aromatic carbocycles. The summed E-state index contributed by atoms with van der Waals surface area (Å²) in [7, 11) is 1.64. The van der Waals surface area contributed by atoms with Crippen molar-refractivity contribution >= 4 is 52.3 Å². The summed E-state index contributed by atoms with van der Waals surface area (Å²) in [6.45, 7) is 0.101. The molecule has 10 nitrogen and oxygen atoms in total. The quantitative estimate of drug-likeness (QED) is 0.310. The second-order valence-electron chi connectivity index (χ2n) is 8.53. The summed E-state index contributed by atoms with van der Waals surface area (Å²) in [5.74, 6) is -0.731. The smallest absolute Gasteiger partial charge is 0.378 e. The summed E-state index contributed by atoms with van der Waals surface area (Å²) in [6, 6.07) is 4.72. The van der Waals surface area contributed by atoms with E-state index in [2.05, 4.69) is 36.2 Å². The monoisotopic (exact) mass is 583 g/mol. The van der Waals surface area contributed by atoms with Crippen LogP contribution in [0.5, 0.6) is 0 Å². The molecule has 4 N–H and O–H groups in total. The molecular formula is C24H22Cl2F3N7O3. The minimum Gasteiger partial charge on any atom is -0.378 e. The van der Waals surface area contributed by atoms with E-state index in [0.717, 1.165) is 6.07 Å². The Morgan fingerprint density at radius 2 is 1.85 bits per heavy atom. The summed E-state index contributed by atoms with van der Waals surface area (Å²) in [5, 5.41) is 10.8. The van der Waals surface area contributed by atoms with E-state index < -0.39 is 29.1 Å². The summed E-state index contributed by atoms with van der Waals surface area (Å²) in [4.78, 5) is 38.1. The molecule has 0 radical (unpaired) electrons. The number of anilines is 3. The van der Waals surface area contributed by atoms with Crippen LogP contribution in [-0.2, 0) is 22.3 Å². The third-order valence-corrected chi connectivity index (χ3v) is 6.41. The Morgan fingerprint density at radius 1 is 1.10 bits per heavy atom. The molecule has 39 heavy (non-hydrogen) atoms. The van der Waals surface area contributed by atoms with Crippen molar-refractivity contribution in [2.24, 2.45) is 0 Å². The van der Waals surface area contributed by atoms with E-state index in [0.29, 0.717) is 5.95 Å². The van der Waals surface area contributed by atoms with Crippen LogP contribution in [0.3, 0.4) is 0 Å². The van der Waals surface area contributed by atoms with Crippen LogP contribution in [0, 0.1) is 0 Å². The van der Waals surface area contributed by atoms with E-state index in [9.17, 15) is 22.8 Å². The van der Waals surface area contributed by atoms with Gasteiger partial charge in [-0.25, -0.2) is 9.97 Å². The molecule has 2 aromatic heterocycles. The molecule has 1 fully saturated rings. The van der Waals surface area contributed by atoms with Gasteiger partial charge in [0, 0.05) is 37.5 Å². The molecule has 1 aliphatic rings. The minimum atomic E-state index is -4.63. The average Bonchev–Trinajstić information content (AvgIpc) is 3.38. The number of aromatic nitrogens is 3. The van der Waals surface area contributed by atoms with Gasteiger partial charge in [-0.2, -0.15) is 13.2 Å². The Morgan fingerprint density at radius 3 is 2.46 bits per heavy atom. The molecule has 0 unspecified atom stereocenters. The molecule has 0 spiro atoms. The van der Waals surface area contributed by atoms with Gasteiger partial charge in [-0.3, -0.25) is 14.6 Å². The van der Waals surface area contributed by atoms with Crippen molar-refractivity contribution < 1.29 is 27.5 Å².